The van der Waals surface area contributed by atoms with E-state index < -0.39 is 5.91 Å². The molecule has 0 saturated heterocycles. The van der Waals surface area contributed by atoms with E-state index in [1.54, 1.807) is 36.5 Å². The molecule has 2 aromatic heterocycles. The number of hydrazine groups is 1. The van der Waals surface area contributed by atoms with E-state index in [0.29, 0.717) is 33.7 Å². The number of thioether (sulfide) groups is 1. The van der Waals surface area contributed by atoms with Crippen LogP contribution in [0.3, 0.4) is 0 Å². The van der Waals surface area contributed by atoms with Gasteiger partial charge in [0, 0.05) is 30.9 Å². The van der Waals surface area contributed by atoms with Gasteiger partial charge in [-0.1, -0.05) is 35.0 Å². The van der Waals surface area contributed by atoms with Crippen molar-refractivity contribution < 1.29 is 18.7 Å². The molecule has 1 aromatic carbocycles. The molecule has 0 unspecified atom stereocenters. The quantitative estimate of drug-likeness (QED) is 0.269. The lowest BCUT2D eigenvalue weighted by Crippen LogP contribution is -2.41. The standard InChI is InChI=1S/C20H20Cl2N4O4S/c1-26-9-8-23-20(26)31-12-14-5-7-17(30-14)19(28)25-24-18(27)3-2-10-29-16-6-4-13(21)11-15(16)22/h4-9,11H,2-3,10,12H2,1H3,(H,24,27)(H,25,28). The number of amides is 2. The third kappa shape index (κ3) is 6.95. The molecule has 2 heterocycles. The predicted molar refractivity (Wildman–Crippen MR) is 118 cm³/mol. The van der Waals surface area contributed by atoms with Crippen LogP contribution < -0.4 is 15.6 Å². The van der Waals surface area contributed by atoms with E-state index in [9.17, 15) is 9.59 Å². The Morgan fingerprint density at radius 3 is 2.81 bits per heavy atom. The van der Waals surface area contributed by atoms with Crippen molar-refractivity contribution in [1.29, 1.82) is 0 Å². The van der Waals surface area contributed by atoms with Crippen LogP contribution in [0.15, 0.2) is 52.3 Å². The van der Waals surface area contributed by atoms with E-state index in [4.69, 9.17) is 32.4 Å². The Morgan fingerprint density at radius 2 is 2.06 bits per heavy atom. The van der Waals surface area contributed by atoms with Crippen molar-refractivity contribution in [2.75, 3.05) is 6.61 Å². The van der Waals surface area contributed by atoms with Crippen LogP contribution >= 0.6 is 35.0 Å². The maximum atomic E-state index is 12.1. The van der Waals surface area contributed by atoms with E-state index in [0.717, 1.165) is 5.16 Å². The number of aryl methyl sites for hydroxylation is 1. The first-order valence-electron chi connectivity index (χ1n) is 9.28. The summed E-state index contributed by atoms with van der Waals surface area (Å²) in [5.41, 5.74) is 4.69. The molecule has 8 nitrogen and oxygen atoms in total. The van der Waals surface area contributed by atoms with Gasteiger partial charge in [-0.25, -0.2) is 4.98 Å². The maximum Gasteiger partial charge on any atom is 0.305 e. The Kier molecular flexibility index (Phi) is 8.27. The van der Waals surface area contributed by atoms with Crippen LogP contribution in [-0.2, 0) is 17.6 Å². The van der Waals surface area contributed by atoms with Gasteiger partial charge in [-0.3, -0.25) is 20.4 Å². The second kappa shape index (κ2) is 11.1. The van der Waals surface area contributed by atoms with Crippen LogP contribution in [0.5, 0.6) is 5.75 Å². The van der Waals surface area contributed by atoms with Crippen molar-refractivity contribution in [1.82, 2.24) is 20.4 Å². The molecule has 0 bridgehead atoms. The van der Waals surface area contributed by atoms with Crippen LogP contribution in [0.25, 0.3) is 0 Å². The number of rotatable bonds is 9. The molecule has 0 aliphatic carbocycles. The van der Waals surface area contributed by atoms with Gasteiger partial charge in [-0.05, 0) is 36.8 Å². The summed E-state index contributed by atoms with van der Waals surface area (Å²) in [7, 11) is 1.90. The van der Waals surface area contributed by atoms with Gasteiger partial charge < -0.3 is 13.7 Å². The van der Waals surface area contributed by atoms with Gasteiger partial charge in [0.15, 0.2) is 10.9 Å². The number of hydrogen-bond donors (Lipinski definition) is 2. The van der Waals surface area contributed by atoms with Gasteiger partial charge in [0.1, 0.15) is 11.5 Å². The molecule has 0 spiro atoms. The zero-order valence-corrected chi connectivity index (χ0v) is 18.9. The average molecular weight is 483 g/mol. The molecule has 0 saturated carbocycles. The van der Waals surface area contributed by atoms with Gasteiger partial charge in [0.2, 0.25) is 5.91 Å². The van der Waals surface area contributed by atoms with Crippen LogP contribution in [0.4, 0.5) is 0 Å². The molecule has 0 fully saturated rings. The van der Waals surface area contributed by atoms with Crippen LogP contribution in [0, 0.1) is 0 Å². The molecule has 0 aliphatic rings. The number of nitrogens with zero attached hydrogens (tertiary/aromatic N) is 2. The SMILES string of the molecule is Cn1ccnc1SCc1ccc(C(=O)NNC(=O)CCCOc2ccc(Cl)cc2Cl)o1. The minimum Gasteiger partial charge on any atom is -0.492 e. The predicted octanol–water partition coefficient (Wildman–Crippen LogP) is 4.23. The fourth-order valence-corrected chi connectivity index (χ4v) is 3.75. The number of ether oxygens (including phenoxy) is 1. The Morgan fingerprint density at radius 1 is 1.23 bits per heavy atom. The Labute approximate surface area is 193 Å². The van der Waals surface area contributed by atoms with E-state index in [1.807, 2.05) is 17.8 Å². The lowest BCUT2D eigenvalue weighted by Gasteiger charge is -2.09. The molecule has 2 amide bonds. The summed E-state index contributed by atoms with van der Waals surface area (Å²) in [6.07, 6.45) is 4.17. The molecule has 3 rings (SSSR count). The van der Waals surface area contributed by atoms with Gasteiger partial charge in [0.25, 0.3) is 0 Å². The molecule has 3 aromatic rings. The third-order valence-corrected chi connectivity index (χ3v) is 5.63. The molecule has 2 N–H and O–H groups in total. The van der Waals surface area contributed by atoms with E-state index in [-0.39, 0.29) is 24.7 Å². The summed E-state index contributed by atoms with van der Waals surface area (Å²) in [6.45, 7) is 0.290. The number of carbonyl (C=O) groups excluding carboxylic acids is 2. The molecule has 164 valence electrons. The summed E-state index contributed by atoms with van der Waals surface area (Å²) in [5, 5.41) is 1.76. The number of carbonyl (C=O) groups is 2. The topological polar surface area (TPSA) is 98.4 Å². The number of benzene rings is 1. The molecule has 11 heteroatoms. The number of hydrogen-bond acceptors (Lipinski definition) is 6. The molecule has 0 aliphatic heterocycles. The van der Waals surface area contributed by atoms with E-state index in [2.05, 4.69) is 15.8 Å². The van der Waals surface area contributed by atoms with Crippen molar-refractivity contribution in [3.05, 3.63) is 64.3 Å². The smallest absolute Gasteiger partial charge is 0.305 e. The molecular formula is C20H20Cl2N4O4S. The summed E-state index contributed by atoms with van der Waals surface area (Å²) in [6, 6.07) is 8.18. The maximum absolute atomic E-state index is 12.1. The number of furan rings is 1. The van der Waals surface area contributed by atoms with Crippen LogP contribution in [0.2, 0.25) is 10.0 Å². The summed E-state index contributed by atoms with van der Waals surface area (Å²) < 4.78 is 12.9. The summed E-state index contributed by atoms with van der Waals surface area (Å²) in [4.78, 5) is 28.3. The van der Waals surface area contributed by atoms with Crippen molar-refractivity contribution >= 4 is 46.8 Å². The van der Waals surface area contributed by atoms with Gasteiger partial charge in [-0.2, -0.15) is 0 Å². The van der Waals surface area contributed by atoms with E-state index in [1.165, 1.54) is 11.8 Å². The fourth-order valence-electron chi connectivity index (χ4n) is 2.46. The van der Waals surface area contributed by atoms with Crippen LogP contribution in [0.1, 0.15) is 29.2 Å². The second-order valence-electron chi connectivity index (χ2n) is 6.40. The molecular weight excluding hydrogens is 463 g/mol. The fraction of sp³-hybridized carbons (Fsp3) is 0.250. The lowest BCUT2D eigenvalue weighted by molar-refractivity contribution is -0.122. The van der Waals surface area contributed by atoms with Gasteiger partial charge >= 0.3 is 5.91 Å². The normalized spacial score (nSPS) is 10.7. The van der Waals surface area contributed by atoms with Crippen molar-refractivity contribution in [2.24, 2.45) is 7.05 Å². The number of halogens is 2. The second-order valence-corrected chi connectivity index (χ2v) is 8.19. The number of imidazole rings is 1. The first-order chi connectivity index (χ1) is 14.9. The van der Waals surface area contributed by atoms with Gasteiger partial charge in [-0.15, -0.1) is 0 Å². The molecule has 0 atom stereocenters. The zero-order chi connectivity index (χ0) is 22.2. The number of nitrogens with one attached hydrogen (secondary N) is 2. The summed E-state index contributed by atoms with van der Waals surface area (Å²) >= 11 is 13.3. The molecule has 0 radical (unpaired) electrons. The van der Waals surface area contributed by atoms with Gasteiger partial charge in [0.05, 0.1) is 17.4 Å². The Bertz CT molecular complexity index is 1050. The minimum atomic E-state index is -0.536. The largest absolute Gasteiger partial charge is 0.492 e. The monoisotopic (exact) mass is 482 g/mol. The zero-order valence-electron chi connectivity index (χ0n) is 16.6. The first kappa shape index (κ1) is 23.1. The first-order valence-corrected chi connectivity index (χ1v) is 11.0. The lowest BCUT2D eigenvalue weighted by atomic mass is 10.3. The number of aromatic nitrogens is 2. The average Bonchev–Trinajstić information content (AvgIpc) is 3.38. The summed E-state index contributed by atoms with van der Waals surface area (Å²) in [5.74, 6) is 0.873. The van der Waals surface area contributed by atoms with Crippen molar-refractivity contribution in [2.45, 2.75) is 23.8 Å². The third-order valence-electron chi connectivity index (χ3n) is 4.02. The Hall–Kier alpha value is -2.62. The minimum absolute atomic E-state index is 0.108. The highest BCUT2D eigenvalue weighted by Gasteiger charge is 2.13. The van der Waals surface area contributed by atoms with E-state index >= 15 is 0 Å². The highest BCUT2D eigenvalue weighted by Crippen LogP contribution is 2.27. The highest BCUT2D eigenvalue weighted by molar-refractivity contribution is 7.98. The van der Waals surface area contributed by atoms with Crippen molar-refractivity contribution in [3.63, 3.8) is 0 Å². The highest BCUT2D eigenvalue weighted by atomic mass is 35.5. The molecule has 31 heavy (non-hydrogen) atoms. The Balaban J connectivity index is 1.35. The van der Waals surface area contributed by atoms with Crippen molar-refractivity contribution in [3.8, 4) is 5.75 Å². The van der Waals surface area contributed by atoms with Crippen LogP contribution in [-0.4, -0.2) is 28.0 Å².